The summed E-state index contributed by atoms with van der Waals surface area (Å²) >= 11 is 0. The lowest BCUT2D eigenvalue weighted by atomic mass is 10.0. The molecule has 0 fully saturated rings. The SMILES string of the molecule is c1ccc2c(c1)ccc1c2ccc2[nH]cnc21.c1ccncc1. The minimum Gasteiger partial charge on any atom is -0.345 e. The van der Waals surface area contributed by atoms with Crippen molar-refractivity contribution in [2.24, 2.45) is 0 Å². The lowest BCUT2D eigenvalue weighted by Crippen LogP contribution is -1.79. The van der Waals surface area contributed by atoms with E-state index in [4.69, 9.17) is 0 Å². The molecule has 110 valence electrons. The fraction of sp³-hybridized carbons (Fsp3) is 0. The maximum absolute atomic E-state index is 4.40. The molecule has 0 atom stereocenters. The molecule has 0 unspecified atom stereocenters. The van der Waals surface area contributed by atoms with E-state index >= 15 is 0 Å². The largest absolute Gasteiger partial charge is 0.345 e. The predicted molar refractivity (Wildman–Crippen MR) is 95.3 cm³/mol. The summed E-state index contributed by atoms with van der Waals surface area (Å²) in [5, 5.41) is 5.04. The van der Waals surface area contributed by atoms with Crippen LogP contribution in [0.4, 0.5) is 0 Å². The van der Waals surface area contributed by atoms with Gasteiger partial charge in [-0.25, -0.2) is 4.98 Å². The first-order valence-corrected chi connectivity index (χ1v) is 7.52. The second kappa shape index (κ2) is 5.89. The number of imidazole rings is 1. The molecule has 0 bridgehead atoms. The van der Waals surface area contributed by atoms with Crippen LogP contribution >= 0.6 is 0 Å². The van der Waals surface area contributed by atoms with Crippen LogP contribution in [0, 0.1) is 0 Å². The second-order valence-electron chi connectivity index (χ2n) is 5.27. The van der Waals surface area contributed by atoms with E-state index in [1.54, 1.807) is 18.7 Å². The van der Waals surface area contributed by atoms with Crippen LogP contribution in [0.5, 0.6) is 0 Å². The van der Waals surface area contributed by atoms with Crippen molar-refractivity contribution in [1.29, 1.82) is 0 Å². The number of rotatable bonds is 0. The number of hydrogen-bond acceptors (Lipinski definition) is 2. The van der Waals surface area contributed by atoms with Gasteiger partial charge in [0.15, 0.2) is 0 Å². The number of fused-ring (bicyclic) bond motifs is 5. The Hall–Kier alpha value is -3.20. The third kappa shape index (κ3) is 2.53. The summed E-state index contributed by atoms with van der Waals surface area (Å²) in [6.07, 6.45) is 5.25. The maximum Gasteiger partial charge on any atom is 0.0961 e. The normalized spacial score (nSPS) is 10.6. The quantitative estimate of drug-likeness (QED) is 0.411. The lowest BCUT2D eigenvalue weighted by Gasteiger charge is -2.03. The van der Waals surface area contributed by atoms with Gasteiger partial charge in [-0.3, -0.25) is 4.98 Å². The monoisotopic (exact) mass is 297 g/mol. The molecular formula is C20H15N3. The zero-order valence-electron chi connectivity index (χ0n) is 12.5. The number of benzene rings is 3. The van der Waals surface area contributed by atoms with Crippen LogP contribution in [-0.2, 0) is 0 Å². The molecule has 0 saturated heterocycles. The second-order valence-corrected chi connectivity index (χ2v) is 5.27. The van der Waals surface area contributed by atoms with E-state index in [-0.39, 0.29) is 0 Å². The van der Waals surface area contributed by atoms with Crippen molar-refractivity contribution in [3.05, 3.63) is 85.5 Å². The molecule has 0 aliphatic heterocycles. The number of H-pyrrole nitrogens is 1. The molecule has 3 heteroatoms. The van der Waals surface area contributed by atoms with E-state index < -0.39 is 0 Å². The summed E-state index contributed by atoms with van der Waals surface area (Å²) in [6.45, 7) is 0. The maximum atomic E-state index is 4.40. The Balaban J connectivity index is 0.000000192. The summed E-state index contributed by atoms with van der Waals surface area (Å²) < 4.78 is 0. The summed E-state index contributed by atoms with van der Waals surface area (Å²) in [5.74, 6) is 0. The van der Waals surface area contributed by atoms with Crippen molar-refractivity contribution in [2.45, 2.75) is 0 Å². The fourth-order valence-corrected chi connectivity index (χ4v) is 2.81. The molecule has 0 aliphatic carbocycles. The van der Waals surface area contributed by atoms with Gasteiger partial charge in [0.05, 0.1) is 17.4 Å². The highest BCUT2D eigenvalue weighted by molar-refractivity contribution is 6.15. The van der Waals surface area contributed by atoms with Crippen molar-refractivity contribution < 1.29 is 0 Å². The lowest BCUT2D eigenvalue weighted by molar-refractivity contribution is 1.33. The van der Waals surface area contributed by atoms with Crippen LogP contribution in [0.1, 0.15) is 0 Å². The van der Waals surface area contributed by atoms with E-state index in [9.17, 15) is 0 Å². The van der Waals surface area contributed by atoms with Crippen molar-refractivity contribution in [2.75, 3.05) is 0 Å². The molecule has 0 aliphatic rings. The standard InChI is InChI=1S/C15H10N2.C5H5N/c1-2-4-11-10(3-1)5-6-13-12(11)7-8-14-15(13)17-9-16-14;1-2-4-6-5-3-1/h1-9H,(H,16,17);1-5H. The van der Waals surface area contributed by atoms with E-state index in [0.29, 0.717) is 0 Å². The average molecular weight is 297 g/mol. The van der Waals surface area contributed by atoms with Gasteiger partial charge in [0.2, 0.25) is 0 Å². The minimum atomic E-state index is 1.05. The first kappa shape index (κ1) is 13.5. The molecule has 23 heavy (non-hydrogen) atoms. The van der Waals surface area contributed by atoms with Crippen LogP contribution in [0.25, 0.3) is 32.6 Å². The van der Waals surface area contributed by atoms with Crippen LogP contribution < -0.4 is 0 Å². The highest BCUT2D eigenvalue weighted by Gasteiger charge is 2.05. The molecule has 0 saturated carbocycles. The first-order chi connectivity index (χ1) is 11.4. The van der Waals surface area contributed by atoms with Gasteiger partial charge in [-0.1, -0.05) is 48.5 Å². The van der Waals surface area contributed by atoms with Crippen molar-refractivity contribution in [3.8, 4) is 0 Å². The minimum absolute atomic E-state index is 1.05. The number of aromatic amines is 1. The van der Waals surface area contributed by atoms with E-state index in [1.165, 1.54) is 21.5 Å². The summed E-state index contributed by atoms with van der Waals surface area (Å²) in [4.78, 5) is 11.3. The molecule has 0 spiro atoms. The van der Waals surface area contributed by atoms with Gasteiger partial charge in [0, 0.05) is 17.8 Å². The molecule has 3 aromatic carbocycles. The zero-order valence-corrected chi connectivity index (χ0v) is 12.5. The molecule has 1 N–H and O–H groups in total. The Bertz CT molecular complexity index is 1040. The molecule has 2 aromatic heterocycles. The van der Waals surface area contributed by atoms with Crippen molar-refractivity contribution >= 4 is 32.6 Å². The smallest absolute Gasteiger partial charge is 0.0961 e. The van der Waals surface area contributed by atoms with Gasteiger partial charge in [0.25, 0.3) is 0 Å². The Morgan fingerprint density at radius 2 is 1.48 bits per heavy atom. The average Bonchev–Trinajstić information content (AvgIpc) is 3.12. The van der Waals surface area contributed by atoms with Crippen LogP contribution in [0.3, 0.4) is 0 Å². The van der Waals surface area contributed by atoms with Gasteiger partial charge in [-0.15, -0.1) is 0 Å². The number of nitrogens with one attached hydrogen (secondary N) is 1. The molecule has 2 heterocycles. The van der Waals surface area contributed by atoms with Crippen molar-refractivity contribution in [3.63, 3.8) is 0 Å². The van der Waals surface area contributed by atoms with E-state index in [0.717, 1.165) is 11.0 Å². The van der Waals surface area contributed by atoms with Gasteiger partial charge < -0.3 is 4.98 Å². The zero-order chi connectivity index (χ0) is 15.5. The number of hydrogen-bond donors (Lipinski definition) is 1. The third-order valence-electron chi connectivity index (χ3n) is 3.88. The van der Waals surface area contributed by atoms with Crippen LogP contribution in [-0.4, -0.2) is 15.0 Å². The molecular weight excluding hydrogens is 282 g/mol. The Labute approximate surface area is 133 Å². The Morgan fingerprint density at radius 1 is 0.652 bits per heavy atom. The number of pyridine rings is 1. The predicted octanol–water partition coefficient (Wildman–Crippen LogP) is 4.95. The van der Waals surface area contributed by atoms with Gasteiger partial charge in [-0.2, -0.15) is 0 Å². The highest BCUT2D eigenvalue weighted by Crippen LogP contribution is 2.29. The van der Waals surface area contributed by atoms with Crippen LogP contribution in [0.2, 0.25) is 0 Å². The molecule has 5 rings (SSSR count). The molecule has 5 aromatic rings. The van der Waals surface area contributed by atoms with Crippen LogP contribution in [0.15, 0.2) is 85.5 Å². The molecule has 0 amide bonds. The van der Waals surface area contributed by atoms with Gasteiger partial charge in [0.1, 0.15) is 0 Å². The summed E-state index contributed by atoms with van der Waals surface area (Å²) in [5.41, 5.74) is 2.14. The summed E-state index contributed by atoms with van der Waals surface area (Å²) in [7, 11) is 0. The third-order valence-corrected chi connectivity index (χ3v) is 3.88. The van der Waals surface area contributed by atoms with E-state index in [1.807, 2.05) is 18.2 Å². The van der Waals surface area contributed by atoms with Crippen molar-refractivity contribution in [1.82, 2.24) is 15.0 Å². The van der Waals surface area contributed by atoms with Gasteiger partial charge >= 0.3 is 0 Å². The Morgan fingerprint density at radius 3 is 2.26 bits per heavy atom. The fourth-order valence-electron chi connectivity index (χ4n) is 2.81. The summed E-state index contributed by atoms with van der Waals surface area (Å²) in [6, 6.07) is 22.7. The van der Waals surface area contributed by atoms with E-state index in [2.05, 4.69) is 63.5 Å². The topological polar surface area (TPSA) is 41.6 Å². The number of nitrogens with zero attached hydrogens (tertiary/aromatic N) is 2. The Kier molecular flexibility index (Phi) is 3.45. The molecule has 3 nitrogen and oxygen atoms in total. The van der Waals surface area contributed by atoms with Gasteiger partial charge in [-0.05, 0) is 34.4 Å². The first-order valence-electron chi connectivity index (χ1n) is 7.52. The number of aromatic nitrogens is 3. The highest BCUT2D eigenvalue weighted by atomic mass is 14.9. The molecule has 0 radical (unpaired) electrons.